The second-order valence-corrected chi connectivity index (χ2v) is 4.65. The van der Waals surface area contributed by atoms with E-state index in [1.807, 2.05) is 0 Å². The number of para-hydroxylation sites is 1. The van der Waals surface area contributed by atoms with Crippen LogP contribution in [0.2, 0.25) is 0 Å². The van der Waals surface area contributed by atoms with E-state index in [1.165, 1.54) is 18.3 Å². The van der Waals surface area contributed by atoms with E-state index in [1.54, 1.807) is 36.4 Å². The normalized spacial score (nSPS) is 11.0. The summed E-state index contributed by atoms with van der Waals surface area (Å²) in [7, 11) is 0. The highest BCUT2D eigenvalue weighted by Gasteiger charge is 2.03. The molecule has 0 fully saturated rings. The molecule has 0 amide bonds. The van der Waals surface area contributed by atoms with Crippen LogP contribution in [0.5, 0.6) is 0 Å². The van der Waals surface area contributed by atoms with Gasteiger partial charge in [0.25, 0.3) is 11.2 Å². The summed E-state index contributed by atoms with van der Waals surface area (Å²) >= 11 is 0. The molecule has 0 aliphatic rings. The summed E-state index contributed by atoms with van der Waals surface area (Å²) in [6.45, 7) is 0. The van der Waals surface area contributed by atoms with Crippen LogP contribution in [-0.4, -0.2) is 21.1 Å². The molecule has 0 saturated carbocycles. The van der Waals surface area contributed by atoms with E-state index in [9.17, 15) is 14.9 Å². The first-order valence-corrected chi connectivity index (χ1v) is 6.66. The fourth-order valence-corrected chi connectivity index (χ4v) is 1.99. The summed E-state index contributed by atoms with van der Waals surface area (Å²) < 4.78 is 0. The monoisotopic (exact) mass is 309 g/mol. The molecule has 0 aliphatic carbocycles. The number of nitro benzene ring substituents is 1. The molecular weight excluding hydrogens is 298 g/mol. The van der Waals surface area contributed by atoms with Crippen LogP contribution in [0.3, 0.4) is 0 Å². The number of fused-ring (bicyclic) bond motifs is 1. The van der Waals surface area contributed by atoms with Crippen LogP contribution in [0, 0.1) is 10.1 Å². The summed E-state index contributed by atoms with van der Waals surface area (Å²) in [5, 5.41) is 15.0. The smallest absolute Gasteiger partial charge is 0.269 e. The van der Waals surface area contributed by atoms with Gasteiger partial charge in [-0.3, -0.25) is 19.9 Å². The number of nitrogens with zero attached hydrogens (tertiary/aromatic N) is 3. The van der Waals surface area contributed by atoms with Gasteiger partial charge in [-0.25, -0.2) is 10.4 Å². The third kappa shape index (κ3) is 3.21. The number of nitro groups is 1. The number of hydrogen-bond donors (Lipinski definition) is 2. The molecule has 3 rings (SSSR count). The summed E-state index contributed by atoms with van der Waals surface area (Å²) in [6, 6.07) is 12.9. The molecule has 0 bridgehead atoms. The number of rotatable bonds is 4. The molecule has 2 aromatic carbocycles. The summed E-state index contributed by atoms with van der Waals surface area (Å²) in [6.07, 6.45) is 1.47. The van der Waals surface area contributed by atoms with Crippen LogP contribution < -0.4 is 11.0 Å². The second-order valence-electron chi connectivity index (χ2n) is 4.65. The topological polar surface area (TPSA) is 113 Å². The first kappa shape index (κ1) is 14.4. The average Bonchev–Trinajstić information content (AvgIpc) is 2.55. The Morgan fingerprint density at radius 3 is 2.65 bits per heavy atom. The largest absolute Gasteiger partial charge is 0.291 e. The van der Waals surface area contributed by atoms with Crippen molar-refractivity contribution in [3.8, 4) is 0 Å². The molecule has 0 aliphatic heterocycles. The van der Waals surface area contributed by atoms with Crippen LogP contribution in [0.1, 0.15) is 5.56 Å². The van der Waals surface area contributed by atoms with Crippen molar-refractivity contribution in [2.75, 3.05) is 5.43 Å². The van der Waals surface area contributed by atoms with E-state index in [0.29, 0.717) is 16.5 Å². The Bertz CT molecular complexity index is 947. The molecular formula is C15H11N5O3. The fraction of sp³-hybridized carbons (Fsp3) is 0. The maximum Gasteiger partial charge on any atom is 0.269 e. The van der Waals surface area contributed by atoms with Crippen LogP contribution >= 0.6 is 0 Å². The Hall–Kier alpha value is -3.55. The van der Waals surface area contributed by atoms with Crippen molar-refractivity contribution in [3.63, 3.8) is 0 Å². The van der Waals surface area contributed by atoms with Crippen LogP contribution in [-0.2, 0) is 0 Å². The zero-order valence-corrected chi connectivity index (χ0v) is 11.8. The number of nitrogens with one attached hydrogen (secondary N) is 2. The molecule has 23 heavy (non-hydrogen) atoms. The number of H-pyrrole nitrogens is 1. The molecule has 0 radical (unpaired) electrons. The van der Waals surface area contributed by atoms with E-state index < -0.39 is 4.92 Å². The quantitative estimate of drug-likeness (QED) is 0.436. The van der Waals surface area contributed by atoms with Crippen LogP contribution in [0.4, 0.5) is 11.6 Å². The maximum absolute atomic E-state index is 11.9. The molecule has 114 valence electrons. The van der Waals surface area contributed by atoms with Gasteiger partial charge in [0.1, 0.15) is 0 Å². The van der Waals surface area contributed by atoms with Gasteiger partial charge in [0.2, 0.25) is 5.95 Å². The lowest BCUT2D eigenvalue weighted by atomic mass is 10.2. The molecule has 3 aromatic rings. The highest BCUT2D eigenvalue weighted by molar-refractivity contribution is 5.81. The zero-order chi connectivity index (χ0) is 16.2. The molecule has 2 N–H and O–H groups in total. The highest BCUT2D eigenvalue weighted by Crippen LogP contribution is 2.11. The van der Waals surface area contributed by atoms with E-state index in [4.69, 9.17) is 0 Å². The summed E-state index contributed by atoms with van der Waals surface area (Å²) in [5.74, 6) is 0.215. The Kier molecular flexibility index (Phi) is 3.79. The van der Waals surface area contributed by atoms with Crippen LogP contribution in [0.25, 0.3) is 10.9 Å². The lowest BCUT2D eigenvalue weighted by Crippen LogP contribution is -2.10. The third-order valence-electron chi connectivity index (χ3n) is 3.10. The molecule has 8 heteroatoms. The van der Waals surface area contributed by atoms with Gasteiger partial charge >= 0.3 is 0 Å². The summed E-state index contributed by atoms with van der Waals surface area (Å²) in [5.41, 5.74) is 3.61. The van der Waals surface area contributed by atoms with Crippen LogP contribution in [0.15, 0.2) is 58.4 Å². The molecule has 0 saturated heterocycles. The lowest BCUT2D eigenvalue weighted by Gasteiger charge is -2.01. The third-order valence-corrected chi connectivity index (χ3v) is 3.10. The van der Waals surface area contributed by atoms with Gasteiger partial charge < -0.3 is 0 Å². The van der Waals surface area contributed by atoms with Gasteiger partial charge in [-0.15, -0.1) is 0 Å². The molecule has 1 heterocycles. The van der Waals surface area contributed by atoms with Crippen molar-refractivity contribution in [3.05, 3.63) is 74.6 Å². The van der Waals surface area contributed by atoms with Gasteiger partial charge in [-0.2, -0.15) is 5.10 Å². The van der Waals surface area contributed by atoms with Crippen molar-refractivity contribution in [2.24, 2.45) is 5.10 Å². The number of non-ortho nitro benzene ring substituents is 1. The predicted molar refractivity (Wildman–Crippen MR) is 86.7 cm³/mol. The first-order valence-electron chi connectivity index (χ1n) is 6.66. The predicted octanol–water partition coefficient (Wildman–Crippen LogP) is 2.28. The summed E-state index contributed by atoms with van der Waals surface area (Å²) in [4.78, 5) is 28.8. The number of hydrogen-bond acceptors (Lipinski definition) is 6. The maximum atomic E-state index is 11.9. The van der Waals surface area contributed by atoms with E-state index >= 15 is 0 Å². The fourth-order valence-electron chi connectivity index (χ4n) is 1.99. The van der Waals surface area contributed by atoms with Gasteiger partial charge in [0.15, 0.2) is 0 Å². The molecule has 8 nitrogen and oxygen atoms in total. The number of hydrazone groups is 1. The Morgan fingerprint density at radius 2 is 1.91 bits per heavy atom. The second kappa shape index (κ2) is 6.06. The zero-order valence-electron chi connectivity index (χ0n) is 11.8. The van der Waals surface area contributed by atoms with E-state index in [0.717, 1.165) is 0 Å². The van der Waals surface area contributed by atoms with Gasteiger partial charge in [0, 0.05) is 12.1 Å². The number of aromatic amines is 1. The van der Waals surface area contributed by atoms with Crippen molar-refractivity contribution < 1.29 is 4.92 Å². The van der Waals surface area contributed by atoms with Gasteiger partial charge in [-0.1, -0.05) is 12.1 Å². The van der Waals surface area contributed by atoms with E-state index in [-0.39, 0.29) is 17.2 Å². The molecule has 0 unspecified atom stereocenters. The van der Waals surface area contributed by atoms with Gasteiger partial charge in [0.05, 0.1) is 22.0 Å². The molecule has 0 atom stereocenters. The molecule has 0 spiro atoms. The van der Waals surface area contributed by atoms with Gasteiger partial charge in [-0.05, 0) is 29.8 Å². The minimum absolute atomic E-state index is 0.00985. The highest BCUT2D eigenvalue weighted by atomic mass is 16.6. The Labute approximate surface area is 129 Å². The Morgan fingerprint density at radius 1 is 1.17 bits per heavy atom. The standard InChI is InChI=1S/C15H11N5O3/c21-14-12-3-1-2-4-13(12)17-15(18-14)19-16-9-10-5-7-11(8-6-10)20(22)23/h1-9H,(H2,17,18,19,21)/b16-9+. The lowest BCUT2D eigenvalue weighted by molar-refractivity contribution is -0.384. The van der Waals surface area contributed by atoms with E-state index in [2.05, 4.69) is 20.5 Å². The first-order chi connectivity index (χ1) is 11.1. The Balaban J connectivity index is 1.77. The molecule has 1 aromatic heterocycles. The number of aromatic nitrogens is 2. The van der Waals surface area contributed by atoms with Crippen molar-refractivity contribution in [2.45, 2.75) is 0 Å². The number of benzene rings is 2. The van der Waals surface area contributed by atoms with Crippen molar-refractivity contribution >= 4 is 28.8 Å². The SMILES string of the molecule is O=c1[nH]c(N/N=C/c2ccc([N+](=O)[O-])cc2)nc2ccccc12. The van der Waals surface area contributed by atoms with Crippen molar-refractivity contribution in [1.29, 1.82) is 0 Å². The minimum Gasteiger partial charge on any atom is -0.291 e. The number of anilines is 1. The minimum atomic E-state index is -0.469. The average molecular weight is 309 g/mol. The van der Waals surface area contributed by atoms with Crippen molar-refractivity contribution in [1.82, 2.24) is 9.97 Å².